The first kappa shape index (κ1) is 13.5. The number of aromatic nitrogens is 1. The van der Waals surface area contributed by atoms with Crippen molar-refractivity contribution in [2.45, 2.75) is 39.5 Å². The van der Waals surface area contributed by atoms with Crippen LogP contribution >= 0.6 is 27.5 Å². The first-order chi connectivity index (χ1) is 7.40. The summed E-state index contributed by atoms with van der Waals surface area (Å²) in [6, 6.07) is 2.13. The second kappa shape index (κ2) is 5.16. The van der Waals surface area contributed by atoms with Crippen LogP contribution in [0.25, 0.3) is 0 Å². The van der Waals surface area contributed by atoms with Crippen molar-refractivity contribution in [1.82, 2.24) is 4.98 Å². The Morgan fingerprint density at radius 2 is 1.81 bits per heavy atom. The summed E-state index contributed by atoms with van der Waals surface area (Å²) in [7, 11) is 0. The zero-order chi connectivity index (χ0) is 12.5. The monoisotopic (exact) mass is 300 g/mol. The predicted octanol–water partition coefficient (Wildman–Crippen LogP) is 4.62. The first-order valence-corrected chi connectivity index (χ1v) is 6.36. The minimum Gasteiger partial charge on any atom is -0.238 e. The number of nitrogens with zero attached hydrogens (tertiary/aromatic N) is 2. The van der Waals surface area contributed by atoms with Gasteiger partial charge in [-0.25, -0.2) is 4.98 Å². The molecule has 0 aliphatic carbocycles. The lowest BCUT2D eigenvalue weighted by molar-refractivity contribution is 0.787. The minimum absolute atomic E-state index is 0.238. The van der Waals surface area contributed by atoms with E-state index in [4.69, 9.17) is 16.9 Å². The Balaban J connectivity index is 3.61. The van der Waals surface area contributed by atoms with Crippen LogP contribution in [-0.4, -0.2) is 4.98 Å². The summed E-state index contributed by atoms with van der Waals surface area (Å²) < 4.78 is 0.915. The maximum atomic E-state index is 9.11. The topological polar surface area (TPSA) is 36.7 Å². The summed E-state index contributed by atoms with van der Waals surface area (Å²) in [5.41, 5.74) is 2.34. The lowest BCUT2D eigenvalue weighted by Gasteiger charge is -2.16. The molecule has 86 valence electrons. The van der Waals surface area contributed by atoms with Gasteiger partial charge < -0.3 is 0 Å². The van der Waals surface area contributed by atoms with E-state index in [0.29, 0.717) is 10.7 Å². The van der Waals surface area contributed by atoms with Crippen LogP contribution in [0.4, 0.5) is 0 Å². The van der Waals surface area contributed by atoms with E-state index < -0.39 is 0 Å². The Hall–Kier alpha value is -0.590. The van der Waals surface area contributed by atoms with Crippen LogP contribution in [0.2, 0.25) is 5.15 Å². The molecule has 0 aliphatic heterocycles. The van der Waals surface area contributed by atoms with Gasteiger partial charge in [0.15, 0.2) is 0 Å². The average molecular weight is 302 g/mol. The first-order valence-electron chi connectivity index (χ1n) is 5.19. The Morgan fingerprint density at radius 3 is 2.19 bits per heavy atom. The van der Waals surface area contributed by atoms with E-state index in [2.05, 4.69) is 40.8 Å². The van der Waals surface area contributed by atoms with Gasteiger partial charge in [0.25, 0.3) is 0 Å². The maximum Gasteiger partial charge on any atom is 0.147 e. The van der Waals surface area contributed by atoms with E-state index in [1.54, 1.807) is 0 Å². The summed E-state index contributed by atoms with van der Waals surface area (Å²) >= 11 is 9.58. The fourth-order valence-corrected chi connectivity index (χ4v) is 3.04. The van der Waals surface area contributed by atoms with E-state index in [0.717, 1.165) is 15.7 Å². The molecule has 0 radical (unpaired) electrons. The molecule has 0 N–H and O–H groups in total. The fourth-order valence-electron chi connectivity index (χ4n) is 1.60. The highest BCUT2D eigenvalue weighted by atomic mass is 79.9. The predicted molar refractivity (Wildman–Crippen MR) is 69.8 cm³/mol. The van der Waals surface area contributed by atoms with Gasteiger partial charge in [-0.05, 0) is 33.3 Å². The lowest BCUT2D eigenvalue weighted by atomic mass is 9.96. The highest BCUT2D eigenvalue weighted by Crippen LogP contribution is 2.36. The van der Waals surface area contributed by atoms with Crippen LogP contribution in [0.15, 0.2) is 4.47 Å². The molecule has 0 unspecified atom stereocenters. The molecular formula is C12H14BrClN2. The molecule has 1 heterocycles. The van der Waals surface area contributed by atoms with Gasteiger partial charge in [-0.15, -0.1) is 0 Å². The van der Waals surface area contributed by atoms with Crippen LogP contribution in [0, 0.1) is 11.3 Å². The molecule has 0 aliphatic rings. The Labute approximate surface area is 110 Å². The SMILES string of the molecule is CC(C)c1nc(Cl)c(C#N)c(C(C)C)c1Br. The minimum atomic E-state index is 0.238. The molecule has 0 amide bonds. The number of nitriles is 1. The third-order valence-electron chi connectivity index (χ3n) is 2.39. The second-order valence-corrected chi connectivity index (χ2v) is 5.46. The molecule has 1 aromatic rings. The molecule has 1 aromatic heterocycles. The molecule has 2 nitrogen and oxygen atoms in total. The lowest BCUT2D eigenvalue weighted by Crippen LogP contribution is -2.04. The van der Waals surface area contributed by atoms with E-state index >= 15 is 0 Å². The third-order valence-corrected chi connectivity index (χ3v) is 3.50. The molecule has 0 spiro atoms. The van der Waals surface area contributed by atoms with Crippen molar-refractivity contribution in [3.8, 4) is 6.07 Å². The van der Waals surface area contributed by atoms with Crippen molar-refractivity contribution in [2.75, 3.05) is 0 Å². The van der Waals surface area contributed by atoms with Crippen LogP contribution in [-0.2, 0) is 0 Å². The van der Waals surface area contributed by atoms with Gasteiger partial charge in [-0.3, -0.25) is 0 Å². The van der Waals surface area contributed by atoms with Crippen molar-refractivity contribution in [3.63, 3.8) is 0 Å². The zero-order valence-corrected chi connectivity index (χ0v) is 12.1. The van der Waals surface area contributed by atoms with Crippen LogP contribution in [0.1, 0.15) is 56.4 Å². The van der Waals surface area contributed by atoms with Gasteiger partial charge in [0.1, 0.15) is 11.2 Å². The quantitative estimate of drug-likeness (QED) is 0.748. The van der Waals surface area contributed by atoms with Crippen molar-refractivity contribution in [2.24, 2.45) is 0 Å². The van der Waals surface area contributed by atoms with Crippen molar-refractivity contribution < 1.29 is 0 Å². The summed E-state index contributed by atoms with van der Waals surface area (Å²) in [4.78, 5) is 4.28. The van der Waals surface area contributed by atoms with Gasteiger partial charge in [0, 0.05) is 4.47 Å². The molecule has 16 heavy (non-hydrogen) atoms. The number of rotatable bonds is 2. The Morgan fingerprint density at radius 1 is 1.25 bits per heavy atom. The highest BCUT2D eigenvalue weighted by molar-refractivity contribution is 9.10. The molecule has 4 heteroatoms. The summed E-state index contributed by atoms with van der Waals surface area (Å²) in [6.07, 6.45) is 0. The summed E-state index contributed by atoms with van der Waals surface area (Å²) in [5, 5.41) is 9.41. The molecule has 0 fully saturated rings. The normalized spacial score (nSPS) is 10.9. The van der Waals surface area contributed by atoms with Crippen molar-refractivity contribution >= 4 is 27.5 Å². The van der Waals surface area contributed by atoms with Crippen LogP contribution in [0.3, 0.4) is 0 Å². The van der Waals surface area contributed by atoms with Gasteiger partial charge in [-0.2, -0.15) is 5.26 Å². The van der Waals surface area contributed by atoms with E-state index in [-0.39, 0.29) is 11.8 Å². The van der Waals surface area contributed by atoms with Crippen molar-refractivity contribution in [3.05, 3.63) is 26.4 Å². The van der Waals surface area contributed by atoms with Crippen LogP contribution < -0.4 is 0 Å². The van der Waals surface area contributed by atoms with Gasteiger partial charge >= 0.3 is 0 Å². The molecular weight excluding hydrogens is 288 g/mol. The molecule has 1 rings (SSSR count). The van der Waals surface area contributed by atoms with Gasteiger partial charge in [-0.1, -0.05) is 39.3 Å². The van der Waals surface area contributed by atoms with Crippen molar-refractivity contribution in [1.29, 1.82) is 5.26 Å². The highest BCUT2D eigenvalue weighted by Gasteiger charge is 2.20. The second-order valence-electron chi connectivity index (χ2n) is 4.31. The van der Waals surface area contributed by atoms with E-state index in [1.165, 1.54) is 0 Å². The molecule has 0 saturated carbocycles. The van der Waals surface area contributed by atoms with E-state index in [9.17, 15) is 0 Å². The number of halogens is 2. The van der Waals surface area contributed by atoms with Gasteiger partial charge in [0.05, 0.1) is 11.3 Å². The summed E-state index contributed by atoms with van der Waals surface area (Å²) in [5.74, 6) is 0.513. The standard InChI is InChI=1S/C12H14BrClN2/c1-6(2)9-8(5-15)12(14)16-11(7(3)4)10(9)13/h6-7H,1-4H3. The summed E-state index contributed by atoms with van der Waals surface area (Å²) in [6.45, 7) is 8.20. The average Bonchev–Trinajstić information content (AvgIpc) is 2.19. The fraction of sp³-hybridized carbons (Fsp3) is 0.500. The van der Waals surface area contributed by atoms with Gasteiger partial charge in [0.2, 0.25) is 0 Å². The molecule has 0 aromatic carbocycles. The molecule has 0 saturated heterocycles. The Kier molecular flexibility index (Phi) is 4.35. The zero-order valence-electron chi connectivity index (χ0n) is 9.81. The molecule has 0 bridgehead atoms. The van der Waals surface area contributed by atoms with E-state index in [1.807, 2.05) is 13.8 Å². The smallest absolute Gasteiger partial charge is 0.147 e. The Bertz CT molecular complexity index is 447. The number of hydrogen-bond donors (Lipinski definition) is 0. The maximum absolute atomic E-state index is 9.11. The molecule has 0 atom stereocenters. The largest absolute Gasteiger partial charge is 0.238 e. The van der Waals surface area contributed by atoms with Crippen LogP contribution in [0.5, 0.6) is 0 Å². The third kappa shape index (κ3) is 2.39. The number of pyridine rings is 1. The number of hydrogen-bond acceptors (Lipinski definition) is 2.